The predicted molar refractivity (Wildman–Crippen MR) is 103 cm³/mol. The van der Waals surface area contributed by atoms with Gasteiger partial charge in [-0.3, -0.25) is 4.79 Å². The first-order chi connectivity index (χ1) is 11.4. The van der Waals surface area contributed by atoms with Gasteiger partial charge in [0.1, 0.15) is 5.75 Å². The van der Waals surface area contributed by atoms with Gasteiger partial charge in [0.05, 0.1) is 4.47 Å². The number of anilines is 1. The molecule has 0 fully saturated rings. The van der Waals surface area contributed by atoms with Crippen LogP contribution in [0.2, 0.25) is 0 Å². The number of halogens is 1. The molecule has 2 aromatic rings. The molecule has 0 heterocycles. The highest BCUT2D eigenvalue weighted by Crippen LogP contribution is 2.30. The summed E-state index contributed by atoms with van der Waals surface area (Å²) in [6.07, 6.45) is 1.09. The SMILES string of the molecule is CCC(C)c1ccc(OCC(=O)Nc2ccc(C)cc2C)c(Br)c1. The molecule has 0 aliphatic heterocycles. The van der Waals surface area contributed by atoms with Gasteiger partial charge in [-0.15, -0.1) is 0 Å². The van der Waals surface area contributed by atoms with Crippen LogP contribution in [0.25, 0.3) is 0 Å². The molecule has 0 radical (unpaired) electrons. The third-order valence-electron chi connectivity index (χ3n) is 4.15. The van der Waals surface area contributed by atoms with E-state index in [0.29, 0.717) is 11.7 Å². The fourth-order valence-electron chi connectivity index (χ4n) is 2.46. The van der Waals surface area contributed by atoms with Crippen LogP contribution in [-0.4, -0.2) is 12.5 Å². The monoisotopic (exact) mass is 389 g/mol. The van der Waals surface area contributed by atoms with E-state index in [2.05, 4.69) is 47.2 Å². The maximum absolute atomic E-state index is 12.1. The predicted octanol–water partition coefficient (Wildman–Crippen LogP) is 5.60. The zero-order valence-electron chi connectivity index (χ0n) is 14.7. The van der Waals surface area contributed by atoms with Crippen molar-refractivity contribution in [1.82, 2.24) is 0 Å². The van der Waals surface area contributed by atoms with Crippen LogP contribution in [0.15, 0.2) is 40.9 Å². The molecule has 0 bridgehead atoms. The van der Waals surface area contributed by atoms with Crippen molar-refractivity contribution in [2.75, 3.05) is 11.9 Å². The van der Waals surface area contributed by atoms with E-state index in [-0.39, 0.29) is 12.5 Å². The molecule has 1 unspecified atom stereocenters. The Balaban J connectivity index is 1.96. The lowest BCUT2D eigenvalue weighted by molar-refractivity contribution is -0.118. The molecule has 1 N–H and O–H groups in total. The molecule has 3 nitrogen and oxygen atoms in total. The molecule has 1 amide bonds. The lowest BCUT2D eigenvalue weighted by Crippen LogP contribution is -2.20. The van der Waals surface area contributed by atoms with Crippen LogP contribution in [0.3, 0.4) is 0 Å². The normalized spacial score (nSPS) is 11.9. The Bertz CT molecular complexity index is 728. The van der Waals surface area contributed by atoms with Crippen molar-refractivity contribution in [2.45, 2.75) is 40.0 Å². The Hall–Kier alpha value is -1.81. The topological polar surface area (TPSA) is 38.3 Å². The van der Waals surface area contributed by atoms with Gasteiger partial charge in [-0.05, 0) is 71.4 Å². The van der Waals surface area contributed by atoms with Crippen molar-refractivity contribution in [3.63, 3.8) is 0 Å². The van der Waals surface area contributed by atoms with Crippen molar-refractivity contribution in [2.24, 2.45) is 0 Å². The van der Waals surface area contributed by atoms with Crippen LogP contribution < -0.4 is 10.1 Å². The number of rotatable bonds is 6. The van der Waals surface area contributed by atoms with E-state index < -0.39 is 0 Å². The zero-order valence-corrected chi connectivity index (χ0v) is 16.2. The number of ether oxygens (including phenoxy) is 1. The van der Waals surface area contributed by atoms with Crippen LogP contribution in [0.4, 0.5) is 5.69 Å². The molecule has 4 heteroatoms. The highest BCUT2D eigenvalue weighted by atomic mass is 79.9. The summed E-state index contributed by atoms with van der Waals surface area (Å²) in [6.45, 7) is 8.35. The van der Waals surface area contributed by atoms with E-state index in [0.717, 1.165) is 22.1 Å². The molecule has 1 atom stereocenters. The minimum absolute atomic E-state index is 0.0193. The summed E-state index contributed by atoms with van der Waals surface area (Å²) in [5, 5.41) is 2.89. The second-order valence-corrected chi connectivity index (χ2v) is 7.01. The van der Waals surface area contributed by atoms with E-state index in [1.807, 2.05) is 38.1 Å². The van der Waals surface area contributed by atoms with Crippen molar-refractivity contribution in [3.05, 3.63) is 57.6 Å². The van der Waals surface area contributed by atoms with E-state index in [4.69, 9.17) is 4.74 Å². The van der Waals surface area contributed by atoms with Gasteiger partial charge in [0, 0.05) is 5.69 Å². The number of carbonyl (C=O) groups is 1. The smallest absolute Gasteiger partial charge is 0.262 e. The Kier molecular flexibility index (Phi) is 6.44. The number of nitrogens with one attached hydrogen (secondary N) is 1. The first-order valence-corrected chi connectivity index (χ1v) is 8.99. The lowest BCUT2D eigenvalue weighted by atomic mass is 9.99. The average molecular weight is 390 g/mol. The average Bonchev–Trinajstić information content (AvgIpc) is 2.55. The number of benzene rings is 2. The molecule has 0 saturated heterocycles. The number of hydrogen-bond donors (Lipinski definition) is 1. The molecule has 128 valence electrons. The third kappa shape index (κ3) is 4.84. The van der Waals surface area contributed by atoms with E-state index in [1.165, 1.54) is 11.1 Å². The van der Waals surface area contributed by atoms with Gasteiger partial charge in [-0.25, -0.2) is 0 Å². The maximum atomic E-state index is 12.1. The Labute approximate surface area is 152 Å². The molecular formula is C20H24BrNO2. The second-order valence-electron chi connectivity index (χ2n) is 6.15. The number of hydrogen-bond acceptors (Lipinski definition) is 2. The summed E-state index contributed by atoms with van der Waals surface area (Å²) < 4.78 is 6.52. The number of aryl methyl sites for hydroxylation is 2. The molecule has 0 aliphatic rings. The quantitative estimate of drug-likeness (QED) is 0.698. The molecular weight excluding hydrogens is 366 g/mol. The summed E-state index contributed by atoms with van der Waals surface area (Å²) in [5.41, 5.74) is 4.30. The van der Waals surface area contributed by atoms with Crippen molar-refractivity contribution in [1.29, 1.82) is 0 Å². The molecule has 0 aliphatic carbocycles. The van der Waals surface area contributed by atoms with E-state index in [1.54, 1.807) is 0 Å². The van der Waals surface area contributed by atoms with Gasteiger partial charge in [-0.1, -0.05) is 37.6 Å². The number of amides is 1. The van der Waals surface area contributed by atoms with Gasteiger partial charge in [0.15, 0.2) is 6.61 Å². The van der Waals surface area contributed by atoms with Gasteiger partial charge < -0.3 is 10.1 Å². The summed E-state index contributed by atoms with van der Waals surface area (Å²) in [6, 6.07) is 12.0. The summed E-state index contributed by atoms with van der Waals surface area (Å²) in [4.78, 5) is 12.1. The molecule has 0 spiro atoms. The first kappa shape index (κ1) is 18.5. The fraction of sp³-hybridized carbons (Fsp3) is 0.350. The van der Waals surface area contributed by atoms with Crippen LogP contribution in [0, 0.1) is 13.8 Å². The summed E-state index contributed by atoms with van der Waals surface area (Å²) in [7, 11) is 0. The second kappa shape index (κ2) is 8.34. The Morgan fingerprint density at radius 1 is 1.21 bits per heavy atom. The highest BCUT2D eigenvalue weighted by molar-refractivity contribution is 9.10. The minimum atomic E-state index is -0.167. The van der Waals surface area contributed by atoms with Gasteiger partial charge in [-0.2, -0.15) is 0 Å². The summed E-state index contributed by atoms with van der Waals surface area (Å²) in [5.74, 6) is 1.01. The summed E-state index contributed by atoms with van der Waals surface area (Å²) >= 11 is 3.52. The van der Waals surface area contributed by atoms with Crippen LogP contribution >= 0.6 is 15.9 Å². The van der Waals surface area contributed by atoms with Crippen LogP contribution in [-0.2, 0) is 4.79 Å². The number of carbonyl (C=O) groups excluding carboxylic acids is 1. The highest BCUT2D eigenvalue weighted by Gasteiger charge is 2.10. The van der Waals surface area contributed by atoms with Crippen LogP contribution in [0.5, 0.6) is 5.75 Å². The van der Waals surface area contributed by atoms with E-state index in [9.17, 15) is 4.79 Å². The molecule has 2 aromatic carbocycles. The fourth-order valence-corrected chi connectivity index (χ4v) is 2.97. The standard InChI is InChI=1S/C20H24BrNO2/c1-5-14(3)16-7-9-19(17(21)11-16)24-12-20(23)22-18-8-6-13(2)10-15(18)4/h6-11,14H,5,12H2,1-4H3,(H,22,23). The molecule has 2 rings (SSSR count). The molecule has 24 heavy (non-hydrogen) atoms. The third-order valence-corrected chi connectivity index (χ3v) is 4.77. The van der Waals surface area contributed by atoms with Gasteiger partial charge in [0.2, 0.25) is 0 Å². The first-order valence-electron chi connectivity index (χ1n) is 8.20. The largest absolute Gasteiger partial charge is 0.483 e. The lowest BCUT2D eigenvalue weighted by Gasteiger charge is -2.13. The van der Waals surface area contributed by atoms with Crippen molar-refractivity contribution in [3.8, 4) is 5.75 Å². The van der Waals surface area contributed by atoms with Crippen molar-refractivity contribution < 1.29 is 9.53 Å². The minimum Gasteiger partial charge on any atom is -0.483 e. The molecule has 0 aromatic heterocycles. The zero-order chi connectivity index (χ0) is 17.7. The Morgan fingerprint density at radius 3 is 2.58 bits per heavy atom. The Morgan fingerprint density at radius 2 is 1.96 bits per heavy atom. The van der Waals surface area contributed by atoms with Gasteiger partial charge >= 0.3 is 0 Å². The van der Waals surface area contributed by atoms with E-state index >= 15 is 0 Å². The molecule has 0 saturated carbocycles. The maximum Gasteiger partial charge on any atom is 0.262 e. The van der Waals surface area contributed by atoms with Gasteiger partial charge in [0.25, 0.3) is 5.91 Å². The van der Waals surface area contributed by atoms with Crippen LogP contribution in [0.1, 0.15) is 42.9 Å². The van der Waals surface area contributed by atoms with Crippen molar-refractivity contribution >= 4 is 27.5 Å².